The fraction of sp³-hybridized carbons (Fsp3) is 0.174. The van der Waals surface area contributed by atoms with Crippen molar-refractivity contribution in [2.75, 3.05) is 6.61 Å². The molecule has 0 radical (unpaired) electrons. The van der Waals surface area contributed by atoms with E-state index in [9.17, 15) is 14.4 Å². The molecule has 30 heavy (non-hydrogen) atoms. The highest BCUT2D eigenvalue weighted by Crippen LogP contribution is 2.30. The molecule has 7 nitrogen and oxygen atoms in total. The first-order chi connectivity index (χ1) is 14.4. The van der Waals surface area contributed by atoms with Gasteiger partial charge in [0, 0.05) is 18.4 Å². The summed E-state index contributed by atoms with van der Waals surface area (Å²) >= 11 is 0. The number of furan rings is 1. The first-order valence-electron chi connectivity index (χ1n) is 9.34. The van der Waals surface area contributed by atoms with Gasteiger partial charge in [-0.3, -0.25) is 9.59 Å². The highest BCUT2D eigenvalue weighted by atomic mass is 16.5. The van der Waals surface area contributed by atoms with Crippen molar-refractivity contribution in [2.24, 2.45) is 0 Å². The van der Waals surface area contributed by atoms with Crippen molar-refractivity contribution < 1.29 is 27.9 Å². The van der Waals surface area contributed by atoms with Crippen LogP contribution in [0.3, 0.4) is 0 Å². The minimum atomic E-state index is -0.541. The number of esters is 2. The largest absolute Gasteiger partial charge is 0.460 e. The molecule has 0 aliphatic rings. The van der Waals surface area contributed by atoms with Crippen molar-refractivity contribution in [1.82, 2.24) is 0 Å². The summed E-state index contributed by atoms with van der Waals surface area (Å²) in [6.07, 6.45) is 0. The highest BCUT2D eigenvalue weighted by molar-refractivity contribution is 5.94. The van der Waals surface area contributed by atoms with Crippen LogP contribution >= 0.6 is 0 Å². The maximum absolute atomic E-state index is 13.2. The summed E-state index contributed by atoms with van der Waals surface area (Å²) in [6, 6.07) is 11.4. The summed E-state index contributed by atoms with van der Waals surface area (Å²) in [6.45, 7) is 4.96. The average Bonchev–Trinajstić information content (AvgIpc) is 3.11. The van der Waals surface area contributed by atoms with Gasteiger partial charge in [-0.05, 0) is 49.7 Å². The summed E-state index contributed by atoms with van der Waals surface area (Å²) in [5, 5.41) is 1.03. The van der Waals surface area contributed by atoms with Crippen LogP contribution in [0.4, 0.5) is 0 Å². The smallest absolute Gasteiger partial charge is 0.374 e. The van der Waals surface area contributed by atoms with Gasteiger partial charge in [0.2, 0.25) is 11.2 Å². The summed E-state index contributed by atoms with van der Waals surface area (Å²) in [5.41, 5.74) is 1.67. The van der Waals surface area contributed by atoms with Gasteiger partial charge in [-0.1, -0.05) is 6.07 Å². The molecule has 0 atom stereocenters. The van der Waals surface area contributed by atoms with Crippen LogP contribution in [-0.2, 0) is 9.53 Å². The fourth-order valence-corrected chi connectivity index (χ4v) is 3.35. The number of hydrogen-bond acceptors (Lipinski definition) is 7. The van der Waals surface area contributed by atoms with Crippen LogP contribution in [0, 0.1) is 6.92 Å². The third-order valence-electron chi connectivity index (χ3n) is 4.58. The van der Waals surface area contributed by atoms with Gasteiger partial charge in [0.15, 0.2) is 0 Å². The number of aryl methyl sites for hydroxylation is 1. The first kappa shape index (κ1) is 19.4. The lowest BCUT2D eigenvalue weighted by Crippen LogP contribution is -2.08. The maximum atomic E-state index is 13.2. The second kappa shape index (κ2) is 7.51. The lowest BCUT2D eigenvalue weighted by molar-refractivity contribution is -0.131. The molecule has 2 aromatic heterocycles. The van der Waals surface area contributed by atoms with E-state index in [0.717, 1.165) is 0 Å². The molecule has 4 rings (SSSR count). The third kappa shape index (κ3) is 3.45. The molecule has 0 aliphatic carbocycles. The zero-order valence-corrected chi connectivity index (χ0v) is 16.6. The molecule has 2 aromatic carbocycles. The van der Waals surface area contributed by atoms with E-state index in [1.165, 1.54) is 13.0 Å². The minimum Gasteiger partial charge on any atom is -0.460 e. The van der Waals surface area contributed by atoms with E-state index in [0.29, 0.717) is 44.6 Å². The van der Waals surface area contributed by atoms with Crippen molar-refractivity contribution in [2.45, 2.75) is 20.8 Å². The number of ether oxygens (including phenoxy) is 2. The monoisotopic (exact) mass is 406 g/mol. The van der Waals surface area contributed by atoms with Gasteiger partial charge in [-0.25, -0.2) is 4.79 Å². The Hall–Kier alpha value is -3.87. The van der Waals surface area contributed by atoms with Crippen LogP contribution < -0.4 is 10.2 Å². The Labute approximate surface area is 170 Å². The molecule has 4 aromatic rings. The van der Waals surface area contributed by atoms with Crippen LogP contribution in [0.2, 0.25) is 0 Å². The Morgan fingerprint density at radius 2 is 1.80 bits per heavy atom. The van der Waals surface area contributed by atoms with Crippen molar-refractivity contribution >= 4 is 33.9 Å². The fourth-order valence-electron chi connectivity index (χ4n) is 3.35. The Morgan fingerprint density at radius 3 is 2.53 bits per heavy atom. The Bertz CT molecular complexity index is 1360. The molecule has 0 bridgehead atoms. The quantitative estimate of drug-likeness (QED) is 0.360. The zero-order chi connectivity index (χ0) is 21.4. The highest BCUT2D eigenvalue weighted by Gasteiger charge is 2.17. The molecular weight excluding hydrogens is 388 g/mol. The topological polar surface area (TPSA) is 96.0 Å². The van der Waals surface area contributed by atoms with E-state index in [2.05, 4.69) is 0 Å². The summed E-state index contributed by atoms with van der Waals surface area (Å²) in [5.74, 6) is -0.178. The SMILES string of the molecule is CCOC(=O)c1cc2cc(-c3c(C)oc4cc(OC(C)=O)ccc4c3=O)ccc2o1. The van der Waals surface area contributed by atoms with Gasteiger partial charge in [0.05, 0.1) is 17.6 Å². The molecule has 7 heteroatoms. The molecule has 0 N–H and O–H groups in total. The zero-order valence-electron chi connectivity index (χ0n) is 16.6. The molecule has 0 spiro atoms. The number of carbonyl (C=O) groups excluding carboxylic acids is 2. The van der Waals surface area contributed by atoms with Crippen LogP contribution in [0.5, 0.6) is 5.75 Å². The predicted molar refractivity (Wildman–Crippen MR) is 110 cm³/mol. The van der Waals surface area contributed by atoms with Gasteiger partial charge in [-0.15, -0.1) is 0 Å². The predicted octanol–water partition coefficient (Wildman–Crippen LogP) is 4.62. The average molecular weight is 406 g/mol. The van der Waals surface area contributed by atoms with Crippen molar-refractivity contribution in [3.8, 4) is 16.9 Å². The normalized spacial score (nSPS) is 11.0. The Kier molecular flexibility index (Phi) is 4.87. The molecular formula is C23H18O7. The van der Waals surface area contributed by atoms with Crippen LogP contribution in [0.15, 0.2) is 56.1 Å². The van der Waals surface area contributed by atoms with Crippen LogP contribution in [0.1, 0.15) is 30.2 Å². The molecule has 0 unspecified atom stereocenters. The Morgan fingerprint density at radius 1 is 1.00 bits per heavy atom. The standard InChI is InChI=1S/C23H18O7/c1-4-27-23(26)20-10-15-9-14(5-8-18(15)30-20)21-12(2)28-19-11-16(29-13(3)24)6-7-17(19)22(21)25/h5-11H,4H2,1-3H3. The van der Waals surface area contributed by atoms with Crippen molar-refractivity contribution in [1.29, 1.82) is 0 Å². The molecule has 0 saturated heterocycles. The molecule has 0 fully saturated rings. The third-order valence-corrected chi connectivity index (χ3v) is 4.58. The van der Waals surface area contributed by atoms with E-state index < -0.39 is 11.9 Å². The van der Waals surface area contributed by atoms with Crippen LogP contribution in [0.25, 0.3) is 33.1 Å². The van der Waals surface area contributed by atoms with E-state index in [-0.39, 0.29) is 17.8 Å². The Balaban J connectivity index is 1.82. The van der Waals surface area contributed by atoms with Gasteiger partial charge < -0.3 is 18.3 Å². The van der Waals surface area contributed by atoms with Crippen LogP contribution in [-0.4, -0.2) is 18.5 Å². The summed E-state index contributed by atoms with van der Waals surface area (Å²) in [7, 11) is 0. The number of benzene rings is 2. The van der Waals surface area contributed by atoms with Gasteiger partial charge in [-0.2, -0.15) is 0 Å². The van der Waals surface area contributed by atoms with Crippen molar-refractivity contribution in [3.63, 3.8) is 0 Å². The second-order valence-corrected chi connectivity index (χ2v) is 6.70. The second-order valence-electron chi connectivity index (χ2n) is 6.70. The molecule has 0 aliphatic heterocycles. The van der Waals surface area contributed by atoms with E-state index in [1.807, 2.05) is 0 Å². The molecule has 2 heterocycles. The summed E-state index contributed by atoms with van der Waals surface area (Å²) in [4.78, 5) is 36.2. The number of carbonyl (C=O) groups is 2. The number of fused-ring (bicyclic) bond motifs is 2. The molecule has 152 valence electrons. The van der Waals surface area contributed by atoms with Gasteiger partial charge in [0.25, 0.3) is 0 Å². The lowest BCUT2D eigenvalue weighted by atomic mass is 10.0. The van der Waals surface area contributed by atoms with E-state index in [1.54, 1.807) is 50.2 Å². The number of hydrogen-bond donors (Lipinski definition) is 0. The minimum absolute atomic E-state index is 0.101. The summed E-state index contributed by atoms with van der Waals surface area (Å²) < 4.78 is 21.4. The first-order valence-corrected chi connectivity index (χ1v) is 9.34. The molecule has 0 saturated carbocycles. The van der Waals surface area contributed by atoms with Gasteiger partial charge in [0.1, 0.15) is 22.7 Å². The van der Waals surface area contributed by atoms with E-state index >= 15 is 0 Å². The number of rotatable bonds is 4. The van der Waals surface area contributed by atoms with E-state index in [4.69, 9.17) is 18.3 Å². The molecule has 0 amide bonds. The van der Waals surface area contributed by atoms with Gasteiger partial charge >= 0.3 is 11.9 Å². The lowest BCUT2D eigenvalue weighted by Gasteiger charge is -2.08. The van der Waals surface area contributed by atoms with Crippen molar-refractivity contribution in [3.05, 3.63) is 64.2 Å². The maximum Gasteiger partial charge on any atom is 0.374 e.